The van der Waals surface area contributed by atoms with Crippen molar-refractivity contribution in [2.75, 3.05) is 10.6 Å². The zero-order valence-electron chi connectivity index (χ0n) is 14.6. The standard InChI is InChI=1S/C19H16F2N4O2/c1-11-7-12(2)9-14(8-11)25-6-5-22-17(18(25)26)24-19(27)23-16-4-3-13(20)10-15(16)21/h3-10H,1-2H3,(H2,22,23,24,27). The van der Waals surface area contributed by atoms with Gasteiger partial charge in [0.15, 0.2) is 0 Å². The average Bonchev–Trinajstić information content (AvgIpc) is 2.58. The summed E-state index contributed by atoms with van der Waals surface area (Å²) in [6.45, 7) is 3.82. The van der Waals surface area contributed by atoms with Gasteiger partial charge in [0.2, 0.25) is 5.82 Å². The molecule has 27 heavy (non-hydrogen) atoms. The number of rotatable bonds is 3. The Labute approximate surface area is 153 Å². The molecule has 2 N–H and O–H groups in total. The fourth-order valence-corrected chi connectivity index (χ4v) is 2.64. The van der Waals surface area contributed by atoms with Crippen LogP contribution in [0.1, 0.15) is 11.1 Å². The molecule has 0 aliphatic carbocycles. The summed E-state index contributed by atoms with van der Waals surface area (Å²) in [5, 5.41) is 4.50. The lowest BCUT2D eigenvalue weighted by Crippen LogP contribution is -2.28. The molecule has 2 amide bonds. The van der Waals surface area contributed by atoms with E-state index in [9.17, 15) is 18.4 Å². The first-order chi connectivity index (χ1) is 12.8. The minimum absolute atomic E-state index is 0.223. The lowest BCUT2D eigenvalue weighted by molar-refractivity contribution is 0.262. The molecular weight excluding hydrogens is 354 g/mol. The van der Waals surface area contributed by atoms with Crippen molar-refractivity contribution >= 4 is 17.5 Å². The molecule has 3 rings (SSSR count). The second kappa shape index (κ2) is 7.36. The largest absolute Gasteiger partial charge is 0.325 e. The maximum absolute atomic E-state index is 13.6. The summed E-state index contributed by atoms with van der Waals surface area (Å²) in [6.07, 6.45) is 2.85. The maximum Gasteiger partial charge on any atom is 0.325 e. The van der Waals surface area contributed by atoms with E-state index in [-0.39, 0.29) is 11.5 Å². The molecule has 0 saturated heterocycles. The summed E-state index contributed by atoms with van der Waals surface area (Å²) in [5.74, 6) is -1.92. The molecule has 0 bridgehead atoms. The van der Waals surface area contributed by atoms with Crippen LogP contribution in [0.25, 0.3) is 5.69 Å². The average molecular weight is 370 g/mol. The van der Waals surface area contributed by atoms with Crippen LogP contribution in [0.5, 0.6) is 0 Å². The second-order valence-electron chi connectivity index (χ2n) is 6.00. The summed E-state index contributed by atoms with van der Waals surface area (Å²) in [4.78, 5) is 28.6. The van der Waals surface area contributed by atoms with E-state index in [0.717, 1.165) is 23.3 Å². The normalized spacial score (nSPS) is 10.5. The van der Waals surface area contributed by atoms with Crippen LogP contribution in [0.3, 0.4) is 0 Å². The number of carbonyl (C=O) groups is 1. The number of aromatic nitrogens is 2. The van der Waals surface area contributed by atoms with Crippen LogP contribution in [0.4, 0.5) is 25.1 Å². The highest BCUT2D eigenvalue weighted by atomic mass is 19.1. The lowest BCUT2D eigenvalue weighted by atomic mass is 10.1. The van der Waals surface area contributed by atoms with E-state index in [1.54, 1.807) is 0 Å². The number of nitrogens with one attached hydrogen (secondary N) is 2. The van der Waals surface area contributed by atoms with Gasteiger partial charge in [0.1, 0.15) is 11.6 Å². The minimum Gasteiger partial charge on any atom is -0.305 e. The highest BCUT2D eigenvalue weighted by molar-refractivity contribution is 5.99. The van der Waals surface area contributed by atoms with Gasteiger partial charge in [-0.15, -0.1) is 0 Å². The molecule has 6 nitrogen and oxygen atoms in total. The molecule has 0 fully saturated rings. The van der Waals surface area contributed by atoms with E-state index >= 15 is 0 Å². The number of hydrogen-bond acceptors (Lipinski definition) is 3. The molecule has 0 atom stereocenters. The molecule has 2 aromatic carbocycles. The smallest absolute Gasteiger partial charge is 0.305 e. The third-order valence-electron chi connectivity index (χ3n) is 3.74. The number of hydrogen-bond donors (Lipinski definition) is 2. The molecular formula is C19H16F2N4O2. The predicted octanol–water partition coefficient (Wildman–Crippen LogP) is 3.77. The Hall–Kier alpha value is -3.55. The molecule has 1 heterocycles. The van der Waals surface area contributed by atoms with E-state index in [0.29, 0.717) is 11.8 Å². The third-order valence-corrected chi connectivity index (χ3v) is 3.74. The van der Waals surface area contributed by atoms with Crippen molar-refractivity contribution in [3.05, 3.63) is 81.9 Å². The molecule has 0 aliphatic heterocycles. The highest BCUT2D eigenvalue weighted by Crippen LogP contribution is 2.15. The number of carbonyl (C=O) groups excluding carboxylic acids is 1. The molecule has 0 radical (unpaired) electrons. The van der Waals surface area contributed by atoms with Gasteiger partial charge in [0.25, 0.3) is 5.56 Å². The number of aryl methyl sites for hydroxylation is 2. The van der Waals surface area contributed by atoms with E-state index in [1.807, 2.05) is 32.0 Å². The summed E-state index contributed by atoms with van der Waals surface area (Å²) in [5.41, 5.74) is 1.82. The van der Waals surface area contributed by atoms with Gasteiger partial charge in [-0.3, -0.25) is 14.7 Å². The number of nitrogens with zero attached hydrogens (tertiary/aromatic N) is 2. The van der Waals surface area contributed by atoms with Crippen LogP contribution in [0.2, 0.25) is 0 Å². The zero-order chi connectivity index (χ0) is 19.6. The Morgan fingerprint density at radius 1 is 1.04 bits per heavy atom. The van der Waals surface area contributed by atoms with Gasteiger partial charge in [-0.25, -0.2) is 18.6 Å². The zero-order valence-corrected chi connectivity index (χ0v) is 14.6. The third kappa shape index (κ3) is 4.17. The Balaban J connectivity index is 1.85. The topological polar surface area (TPSA) is 76.0 Å². The Morgan fingerprint density at radius 3 is 2.41 bits per heavy atom. The molecule has 8 heteroatoms. The molecule has 0 unspecified atom stereocenters. The number of benzene rings is 2. The predicted molar refractivity (Wildman–Crippen MR) is 98.3 cm³/mol. The van der Waals surface area contributed by atoms with Crippen molar-refractivity contribution in [3.63, 3.8) is 0 Å². The van der Waals surface area contributed by atoms with Gasteiger partial charge < -0.3 is 5.32 Å². The van der Waals surface area contributed by atoms with Gasteiger partial charge in [0.05, 0.1) is 5.69 Å². The van der Waals surface area contributed by atoms with E-state index in [4.69, 9.17) is 0 Å². The highest BCUT2D eigenvalue weighted by Gasteiger charge is 2.12. The van der Waals surface area contributed by atoms with Crippen LogP contribution in [0, 0.1) is 25.5 Å². The van der Waals surface area contributed by atoms with Crippen molar-refractivity contribution in [2.24, 2.45) is 0 Å². The van der Waals surface area contributed by atoms with Crippen LogP contribution in [-0.4, -0.2) is 15.6 Å². The van der Waals surface area contributed by atoms with Crippen molar-refractivity contribution in [2.45, 2.75) is 13.8 Å². The monoisotopic (exact) mass is 370 g/mol. The van der Waals surface area contributed by atoms with Crippen molar-refractivity contribution < 1.29 is 13.6 Å². The fourth-order valence-electron chi connectivity index (χ4n) is 2.64. The van der Waals surface area contributed by atoms with E-state index < -0.39 is 23.2 Å². The maximum atomic E-state index is 13.6. The summed E-state index contributed by atoms with van der Waals surface area (Å²) >= 11 is 0. The SMILES string of the molecule is Cc1cc(C)cc(-n2ccnc(NC(=O)Nc3ccc(F)cc3F)c2=O)c1. The molecule has 0 spiro atoms. The van der Waals surface area contributed by atoms with Crippen LogP contribution < -0.4 is 16.2 Å². The number of amides is 2. The van der Waals surface area contributed by atoms with Gasteiger partial charge in [-0.2, -0.15) is 0 Å². The van der Waals surface area contributed by atoms with Crippen LogP contribution >= 0.6 is 0 Å². The number of halogens is 2. The molecule has 0 saturated carbocycles. The minimum atomic E-state index is -0.932. The first-order valence-corrected chi connectivity index (χ1v) is 8.03. The van der Waals surface area contributed by atoms with E-state index in [1.165, 1.54) is 17.0 Å². The Kier molecular flexibility index (Phi) is 4.98. The van der Waals surface area contributed by atoms with Crippen LogP contribution in [-0.2, 0) is 0 Å². The first kappa shape index (κ1) is 18.2. The number of anilines is 2. The van der Waals surface area contributed by atoms with Gasteiger partial charge in [-0.1, -0.05) is 6.07 Å². The Morgan fingerprint density at radius 2 is 1.74 bits per heavy atom. The van der Waals surface area contributed by atoms with Crippen molar-refractivity contribution in [1.29, 1.82) is 0 Å². The van der Waals surface area contributed by atoms with Gasteiger partial charge in [0, 0.05) is 24.1 Å². The van der Waals surface area contributed by atoms with Crippen molar-refractivity contribution in [3.8, 4) is 5.69 Å². The quantitative estimate of drug-likeness (QED) is 0.737. The molecule has 138 valence electrons. The van der Waals surface area contributed by atoms with Gasteiger partial charge in [-0.05, 0) is 49.2 Å². The van der Waals surface area contributed by atoms with Crippen molar-refractivity contribution in [1.82, 2.24) is 9.55 Å². The summed E-state index contributed by atoms with van der Waals surface area (Å²) < 4.78 is 27.9. The lowest BCUT2D eigenvalue weighted by Gasteiger charge is -2.11. The summed E-state index contributed by atoms with van der Waals surface area (Å²) in [6, 6.07) is 7.48. The van der Waals surface area contributed by atoms with Gasteiger partial charge >= 0.3 is 6.03 Å². The second-order valence-corrected chi connectivity index (χ2v) is 6.00. The first-order valence-electron chi connectivity index (χ1n) is 8.03. The summed E-state index contributed by atoms with van der Waals surface area (Å²) in [7, 11) is 0. The Bertz CT molecular complexity index is 1060. The fraction of sp³-hybridized carbons (Fsp3) is 0.105. The molecule has 0 aliphatic rings. The van der Waals surface area contributed by atoms with Crippen LogP contribution in [0.15, 0.2) is 53.6 Å². The number of urea groups is 1. The van der Waals surface area contributed by atoms with E-state index in [2.05, 4.69) is 15.6 Å². The molecule has 3 aromatic rings. The molecule has 1 aromatic heterocycles.